The van der Waals surface area contributed by atoms with Crippen molar-refractivity contribution in [2.24, 2.45) is 0 Å². The molecule has 4 nitrogen and oxygen atoms in total. The third kappa shape index (κ3) is 1.74. The minimum absolute atomic E-state index is 0.565. The number of hydrogen-bond acceptors (Lipinski definition) is 4. The molecule has 0 saturated carbocycles. The third-order valence-electron chi connectivity index (χ3n) is 1.89. The van der Waals surface area contributed by atoms with Crippen LogP contribution in [0.4, 0.5) is 0 Å². The molecule has 0 amide bonds. The van der Waals surface area contributed by atoms with Gasteiger partial charge in [0.15, 0.2) is 5.82 Å². The Morgan fingerprint density at radius 3 is 1.93 bits per heavy atom. The van der Waals surface area contributed by atoms with Gasteiger partial charge >= 0.3 is 0 Å². The molecule has 0 atom stereocenters. The lowest BCUT2D eigenvalue weighted by molar-refractivity contribution is 0.816. The predicted molar refractivity (Wildman–Crippen MR) is 52.5 cm³/mol. The molecule has 0 N–H and O–H groups in total. The summed E-state index contributed by atoms with van der Waals surface area (Å²) in [6.45, 7) is 3.80. The highest BCUT2D eigenvalue weighted by Crippen LogP contribution is 2.12. The van der Waals surface area contributed by atoms with Crippen LogP contribution in [0.1, 0.15) is 11.4 Å². The number of nitrogens with zero attached hydrogens (tertiary/aromatic N) is 4. The van der Waals surface area contributed by atoms with Gasteiger partial charge in [0.1, 0.15) is 0 Å². The summed E-state index contributed by atoms with van der Waals surface area (Å²) < 4.78 is 0. The molecule has 0 spiro atoms. The fraction of sp³-hybridized carbons (Fsp3) is 0.200. The Balaban J connectivity index is 2.40. The fourth-order valence-corrected chi connectivity index (χ4v) is 1.10. The van der Waals surface area contributed by atoms with E-state index >= 15 is 0 Å². The third-order valence-corrected chi connectivity index (χ3v) is 1.89. The number of hydrogen-bond donors (Lipinski definition) is 0. The van der Waals surface area contributed by atoms with Crippen LogP contribution in [-0.4, -0.2) is 20.4 Å². The standard InChI is InChI=1S/C10H10N4/c1-7-3-5-9(6-4-7)10-13-11-8(2)12-14-10/h3-6H,1-2H3. The first kappa shape index (κ1) is 8.74. The molecule has 70 valence electrons. The van der Waals surface area contributed by atoms with Crippen LogP contribution in [0.2, 0.25) is 0 Å². The Hall–Kier alpha value is -1.84. The van der Waals surface area contributed by atoms with E-state index in [1.54, 1.807) is 6.92 Å². The molecule has 1 aromatic carbocycles. The Labute approximate surface area is 82.0 Å². The van der Waals surface area contributed by atoms with E-state index < -0.39 is 0 Å². The summed E-state index contributed by atoms with van der Waals surface area (Å²) in [6.07, 6.45) is 0. The normalized spacial score (nSPS) is 10.1. The van der Waals surface area contributed by atoms with Crippen LogP contribution in [0.25, 0.3) is 11.4 Å². The van der Waals surface area contributed by atoms with Crippen molar-refractivity contribution in [3.63, 3.8) is 0 Å². The lowest BCUT2D eigenvalue weighted by Crippen LogP contribution is -1.98. The van der Waals surface area contributed by atoms with Crippen molar-refractivity contribution in [3.05, 3.63) is 35.7 Å². The highest BCUT2D eigenvalue weighted by molar-refractivity contribution is 5.53. The van der Waals surface area contributed by atoms with E-state index in [1.807, 2.05) is 31.2 Å². The lowest BCUT2D eigenvalue weighted by Gasteiger charge is -1.98. The number of aryl methyl sites for hydroxylation is 2. The summed E-state index contributed by atoms with van der Waals surface area (Å²) in [5.41, 5.74) is 2.15. The zero-order valence-electron chi connectivity index (χ0n) is 8.10. The van der Waals surface area contributed by atoms with E-state index in [0.717, 1.165) is 5.56 Å². The van der Waals surface area contributed by atoms with Crippen LogP contribution in [0, 0.1) is 13.8 Å². The molecular weight excluding hydrogens is 176 g/mol. The van der Waals surface area contributed by atoms with Crippen molar-refractivity contribution >= 4 is 0 Å². The SMILES string of the molecule is Cc1ccc(-c2nnc(C)nn2)cc1. The second kappa shape index (κ2) is 3.49. The minimum atomic E-state index is 0.565. The first-order chi connectivity index (χ1) is 6.75. The van der Waals surface area contributed by atoms with Crippen molar-refractivity contribution in [1.82, 2.24) is 20.4 Å². The molecule has 0 aliphatic heterocycles. The summed E-state index contributed by atoms with van der Waals surface area (Å²) in [5, 5.41) is 15.6. The van der Waals surface area contributed by atoms with Gasteiger partial charge in [-0.15, -0.1) is 20.4 Å². The first-order valence-corrected chi connectivity index (χ1v) is 4.37. The van der Waals surface area contributed by atoms with Gasteiger partial charge in [0, 0.05) is 5.56 Å². The highest BCUT2D eigenvalue weighted by atomic mass is 15.3. The zero-order valence-corrected chi connectivity index (χ0v) is 8.10. The minimum Gasteiger partial charge on any atom is -0.131 e. The smallest absolute Gasteiger partial charge is 0.131 e. The molecular formula is C10H10N4. The van der Waals surface area contributed by atoms with Gasteiger partial charge in [-0.1, -0.05) is 29.8 Å². The molecule has 2 rings (SSSR count). The van der Waals surface area contributed by atoms with E-state index in [4.69, 9.17) is 0 Å². The summed E-state index contributed by atoms with van der Waals surface area (Å²) in [7, 11) is 0. The van der Waals surface area contributed by atoms with Crippen molar-refractivity contribution in [3.8, 4) is 11.4 Å². The molecule has 1 heterocycles. The Morgan fingerprint density at radius 1 is 0.786 bits per heavy atom. The zero-order chi connectivity index (χ0) is 9.97. The monoisotopic (exact) mass is 186 g/mol. The Bertz CT molecular complexity index is 375. The fourth-order valence-electron chi connectivity index (χ4n) is 1.10. The van der Waals surface area contributed by atoms with Gasteiger partial charge in [0.05, 0.1) is 0 Å². The predicted octanol–water partition coefficient (Wildman–Crippen LogP) is 1.55. The Morgan fingerprint density at radius 2 is 1.36 bits per heavy atom. The van der Waals surface area contributed by atoms with Gasteiger partial charge in [0.25, 0.3) is 0 Å². The van der Waals surface area contributed by atoms with Crippen LogP contribution in [0.5, 0.6) is 0 Å². The van der Waals surface area contributed by atoms with Crippen LogP contribution in [0.15, 0.2) is 24.3 Å². The average molecular weight is 186 g/mol. The van der Waals surface area contributed by atoms with Gasteiger partial charge in [-0.2, -0.15) is 0 Å². The van der Waals surface area contributed by atoms with Gasteiger partial charge < -0.3 is 0 Å². The second-order valence-electron chi connectivity index (χ2n) is 3.14. The number of benzene rings is 1. The molecule has 2 aromatic rings. The maximum atomic E-state index is 3.95. The lowest BCUT2D eigenvalue weighted by atomic mass is 10.1. The molecule has 0 radical (unpaired) electrons. The van der Waals surface area contributed by atoms with Crippen LogP contribution in [-0.2, 0) is 0 Å². The molecule has 14 heavy (non-hydrogen) atoms. The molecule has 0 bridgehead atoms. The summed E-state index contributed by atoms with van der Waals surface area (Å²) in [4.78, 5) is 0. The molecule has 0 aliphatic rings. The summed E-state index contributed by atoms with van der Waals surface area (Å²) >= 11 is 0. The van der Waals surface area contributed by atoms with Gasteiger partial charge in [-0.25, -0.2) is 0 Å². The quantitative estimate of drug-likeness (QED) is 0.678. The molecule has 4 heteroatoms. The maximum Gasteiger partial charge on any atom is 0.203 e. The molecule has 0 aliphatic carbocycles. The molecule has 0 saturated heterocycles. The Kier molecular flexibility index (Phi) is 2.18. The van der Waals surface area contributed by atoms with Gasteiger partial charge in [-0.05, 0) is 13.8 Å². The van der Waals surface area contributed by atoms with Gasteiger partial charge in [0.2, 0.25) is 5.82 Å². The average Bonchev–Trinajstić information content (AvgIpc) is 2.21. The van der Waals surface area contributed by atoms with Crippen LogP contribution >= 0.6 is 0 Å². The molecule has 1 aromatic heterocycles. The maximum absolute atomic E-state index is 3.95. The summed E-state index contributed by atoms with van der Waals surface area (Å²) in [5.74, 6) is 1.15. The number of aromatic nitrogens is 4. The highest BCUT2D eigenvalue weighted by Gasteiger charge is 2.01. The van der Waals surface area contributed by atoms with Crippen molar-refractivity contribution < 1.29 is 0 Å². The van der Waals surface area contributed by atoms with E-state index in [2.05, 4.69) is 20.4 Å². The number of rotatable bonds is 1. The first-order valence-electron chi connectivity index (χ1n) is 4.37. The van der Waals surface area contributed by atoms with Crippen molar-refractivity contribution in [2.75, 3.05) is 0 Å². The van der Waals surface area contributed by atoms with Crippen LogP contribution in [0.3, 0.4) is 0 Å². The van der Waals surface area contributed by atoms with E-state index in [0.29, 0.717) is 11.6 Å². The summed E-state index contributed by atoms with van der Waals surface area (Å²) in [6, 6.07) is 7.95. The van der Waals surface area contributed by atoms with E-state index in [1.165, 1.54) is 5.56 Å². The van der Waals surface area contributed by atoms with E-state index in [9.17, 15) is 0 Å². The second-order valence-corrected chi connectivity index (χ2v) is 3.14. The van der Waals surface area contributed by atoms with Gasteiger partial charge in [-0.3, -0.25) is 0 Å². The van der Waals surface area contributed by atoms with Crippen LogP contribution < -0.4 is 0 Å². The largest absolute Gasteiger partial charge is 0.203 e. The molecule has 0 unspecified atom stereocenters. The van der Waals surface area contributed by atoms with E-state index in [-0.39, 0.29) is 0 Å². The topological polar surface area (TPSA) is 51.6 Å². The van der Waals surface area contributed by atoms with Crippen molar-refractivity contribution in [2.45, 2.75) is 13.8 Å². The van der Waals surface area contributed by atoms with Crippen molar-refractivity contribution in [1.29, 1.82) is 0 Å². The molecule has 0 fully saturated rings.